The van der Waals surface area contributed by atoms with Crippen molar-refractivity contribution in [3.63, 3.8) is 0 Å². The Morgan fingerprint density at radius 3 is 1.25 bits per heavy atom. The summed E-state index contributed by atoms with van der Waals surface area (Å²) in [5.74, 6) is 0. The van der Waals surface area contributed by atoms with Gasteiger partial charge in [0.2, 0.25) is 0 Å². The molecular weight excluding hydrogens is 261 g/mol. The minimum atomic E-state index is -1.66. The molecule has 0 aromatic heterocycles. The van der Waals surface area contributed by atoms with Crippen LogP contribution in [0.15, 0.2) is 0 Å². The van der Waals surface area contributed by atoms with Crippen LogP contribution >= 0.6 is 29.1 Å². The third kappa shape index (κ3) is 147. The van der Waals surface area contributed by atoms with Crippen LogP contribution in [0, 0.1) is 0 Å². The van der Waals surface area contributed by atoms with Crippen LogP contribution in [0.3, 0.4) is 0 Å². The molecule has 0 aliphatic carbocycles. The second-order valence-corrected chi connectivity index (χ2v) is 8.70. The summed E-state index contributed by atoms with van der Waals surface area (Å²) in [4.78, 5) is 0. The van der Waals surface area contributed by atoms with Gasteiger partial charge in [0, 0.05) is 6.10 Å². The van der Waals surface area contributed by atoms with Gasteiger partial charge in [0.25, 0.3) is 0 Å². The second kappa shape index (κ2) is 8.45. The van der Waals surface area contributed by atoms with Gasteiger partial charge in [-0.2, -0.15) is 0 Å². The number of hydrogen-bond acceptors (Lipinski definition) is 1. The van der Waals surface area contributed by atoms with Crippen molar-refractivity contribution in [1.29, 1.82) is 0 Å². The molecular formula is C3H8Cl3ORh. The normalized spacial score (nSPS) is 10.1. The summed E-state index contributed by atoms with van der Waals surface area (Å²) in [5, 5.41) is 8.06. The van der Waals surface area contributed by atoms with Crippen molar-refractivity contribution in [3.05, 3.63) is 0 Å². The predicted octanol–water partition coefficient (Wildman–Crippen LogP) is 2.45. The van der Waals surface area contributed by atoms with Crippen molar-refractivity contribution in [3.8, 4) is 0 Å². The van der Waals surface area contributed by atoms with E-state index in [2.05, 4.69) is 0 Å². The van der Waals surface area contributed by atoms with Gasteiger partial charge in [-0.1, -0.05) is 0 Å². The Labute approximate surface area is 67.0 Å². The molecule has 0 radical (unpaired) electrons. The summed E-state index contributed by atoms with van der Waals surface area (Å²) < 4.78 is 0. The Kier molecular flexibility index (Phi) is 12.8. The quantitative estimate of drug-likeness (QED) is 0.670. The summed E-state index contributed by atoms with van der Waals surface area (Å²) in [5.41, 5.74) is 0. The molecule has 0 aromatic carbocycles. The van der Waals surface area contributed by atoms with Gasteiger partial charge in [-0.05, 0) is 13.8 Å². The molecule has 0 amide bonds. The molecule has 0 unspecified atom stereocenters. The van der Waals surface area contributed by atoms with Gasteiger partial charge in [0.05, 0.1) is 0 Å². The first-order chi connectivity index (χ1) is 3.46. The SMILES string of the molecule is CC(C)O.[Cl][Rh]([Cl])[Cl]. The topological polar surface area (TPSA) is 20.2 Å². The molecule has 56 valence electrons. The van der Waals surface area contributed by atoms with E-state index in [1.54, 1.807) is 13.8 Å². The molecule has 1 nitrogen and oxygen atoms in total. The summed E-state index contributed by atoms with van der Waals surface area (Å²) in [6.45, 7) is 3.44. The minimum absolute atomic E-state index is 0.167. The molecule has 5 heteroatoms. The third-order valence-corrected chi connectivity index (χ3v) is 0. The van der Waals surface area contributed by atoms with Crippen LogP contribution in [0.25, 0.3) is 0 Å². The van der Waals surface area contributed by atoms with Gasteiger partial charge >= 0.3 is 42.1 Å². The predicted molar refractivity (Wildman–Crippen MR) is 34.9 cm³/mol. The second-order valence-electron chi connectivity index (χ2n) is 1.24. The van der Waals surface area contributed by atoms with Crippen molar-refractivity contribution in [2.24, 2.45) is 0 Å². The van der Waals surface area contributed by atoms with Gasteiger partial charge in [-0.15, -0.1) is 0 Å². The Morgan fingerprint density at radius 1 is 1.25 bits per heavy atom. The van der Waals surface area contributed by atoms with E-state index in [0.29, 0.717) is 0 Å². The van der Waals surface area contributed by atoms with Crippen molar-refractivity contribution < 1.29 is 18.1 Å². The molecule has 0 atom stereocenters. The molecule has 0 heterocycles. The Morgan fingerprint density at radius 2 is 1.25 bits per heavy atom. The fourth-order valence-electron chi connectivity index (χ4n) is 0. The maximum absolute atomic E-state index is 8.06. The van der Waals surface area contributed by atoms with Crippen LogP contribution in [0.5, 0.6) is 0 Å². The maximum atomic E-state index is 8.06. The number of rotatable bonds is 0. The van der Waals surface area contributed by atoms with Crippen molar-refractivity contribution in [1.82, 2.24) is 0 Å². The summed E-state index contributed by atoms with van der Waals surface area (Å²) in [6.07, 6.45) is -0.167. The van der Waals surface area contributed by atoms with Gasteiger partial charge in [-0.3, -0.25) is 0 Å². The number of aliphatic hydroxyl groups is 1. The van der Waals surface area contributed by atoms with Crippen LogP contribution in [0.2, 0.25) is 0 Å². The van der Waals surface area contributed by atoms with Gasteiger partial charge in [0.15, 0.2) is 0 Å². The molecule has 0 aliphatic heterocycles. The molecule has 0 aliphatic rings. The monoisotopic (exact) mass is 268 g/mol. The zero-order valence-electron chi connectivity index (χ0n) is 4.49. The summed E-state index contributed by atoms with van der Waals surface area (Å²) in [6, 6.07) is 0. The average Bonchev–Trinajstić information content (AvgIpc) is 1.25. The van der Waals surface area contributed by atoms with Crippen molar-refractivity contribution in [2.45, 2.75) is 20.0 Å². The summed E-state index contributed by atoms with van der Waals surface area (Å²) in [7, 11) is 14.8. The van der Waals surface area contributed by atoms with Crippen molar-refractivity contribution in [2.75, 3.05) is 0 Å². The third-order valence-electron chi connectivity index (χ3n) is 0. The van der Waals surface area contributed by atoms with Gasteiger partial charge in [-0.25, -0.2) is 0 Å². The first-order valence-electron chi connectivity index (χ1n) is 1.79. The van der Waals surface area contributed by atoms with E-state index in [1.807, 2.05) is 0 Å². The van der Waals surface area contributed by atoms with E-state index in [1.165, 1.54) is 0 Å². The molecule has 0 saturated heterocycles. The van der Waals surface area contributed by atoms with Crippen LogP contribution in [0.1, 0.15) is 13.8 Å². The zero-order valence-corrected chi connectivity index (χ0v) is 8.40. The summed E-state index contributed by atoms with van der Waals surface area (Å²) >= 11 is -1.66. The van der Waals surface area contributed by atoms with E-state index in [9.17, 15) is 0 Å². The van der Waals surface area contributed by atoms with E-state index >= 15 is 0 Å². The van der Waals surface area contributed by atoms with E-state index in [4.69, 9.17) is 34.2 Å². The van der Waals surface area contributed by atoms with E-state index in [-0.39, 0.29) is 6.10 Å². The average molecular weight is 269 g/mol. The fraction of sp³-hybridized carbons (Fsp3) is 1.00. The Hall–Kier alpha value is 1.45. The molecule has 0 rings (SSSR count). The van der Waals surface area contributed by atoms with Crippen LogP contribution in [0.4, 0.5) is 0 Å². The molecule has 0 bridgehead atoms. The van der Waals surface area contributed by atoms with Crippen LogP contribution in [-0.2, 0) is 13.0 Å². The molecule has 8 heavy (non-hydrogen) atoms. The fourth-order valence-corrected chi connectivity index (χ4v) is 0. The van der Waals surface area contributed by atoms with E-state index in [0.717, 1.165) is 0 Å². The Bertz CT molecular complexity index is 30.0. The molecule has 0 saturated carbocycles. The standard InChI is InChI=1S/C3H8O.3ClH.Rh/c1-3(2)4;;;;/h3-4H,1-2H3;3*1H;/q;;;;+3/p-3. The first-order valence-corrected chi connectivity index (χ1v) is 8.12. The number of halogens is 3. The van der Waals surface area contributed by atoms with Gasteiger partial charge < -0.3 is 5.11 Å². The number of aliphatic hydroxyl groups excluding tert-OH is 1. The molecule has 1 N–H and O–H groups in total. The molecule has 0 fully saturated rings. The van der Waals surface area contributed by atoms with E-state index < -0.39 is 13.0 Å². The molecule has 0 spiro atoms. The number of hydrogen-bond donors (Lipinski definition) is 1. The van der Waals surface area contributed by atoms with Crippen LogP contribution < -0.4 is 0 Å². The van der Waals surface area contributed by atoms with Crippen LogP contribution in [-0.4, -0.2) is 11.2 Å². The Balaban J connectivity index is 0. The molecule has 0 aromatic rings. The van der Waals surface area contributed by atoms with Gasteiger partial charge in [0.1, 0.15) is 0 Å². The first kappa shape index (κ1) is 12.2. The van der Waals surface area contributed by atoms with Crippen molar-refractivity contribution >= 4 is 29.1 Å². The zero-order chi connectivity index (χ0) is 7.15.